The Hall–Kier alpha value is -9.67. The van der Waals surface area contributed by atoms with Crippen LogP contribution >= 0.6 is 11.8 Å². The van der Waals surface area contributed by atoms with Crippen LogP contribution in [0, 0.1) is 58.2 Å². The number of fused-ring (bicyclic) bond motifs is 6. The zero-order chi connectivity index (χ0) is 90.9. The van der Waals surface area contributed by atoms with E-state index in [-0.39, 0.29) is 183 Å². The minimum Gasteiger partial charge on any atom is -0.480 e. The fourth-order valence-corrected chi connectivity index (χ4v) is 19.9. The van der Waals surface area contributed by atoms with Gasteiger partial charge in [-0.25, -0.2) is 4.98 Å². The normalized spacial score (nSPS) is 24.1. The Bertz CT molecular complexity index is 4160. The summed E-state index contributed by atoms with van der Waals surface area (Å²) in [4.78, 5) is 216. The number of imide groups is 1. The lowest BCUT2D eigenvalue weighted by atomic mass is 9.43. The zero-order valence-electron chi connectivity index (χ0n) is 73.0. The number of aromatic amines is 2. The molecule has 17 atom stereocenters. The van der Waals surface area contributed by atoms with E-state index < -0.39 is 149 Å². The lowest BCUT2D eigenvalue weighted by Gasteiger charge is -2.62. The molecule has 124 heavy (non-hydrogen) atoms. The molecule has 39 heteroatoms. The summed E-state index contributed by atoms with van der Waals surface area (Å²) in [6.07, 6.45) is 12.7. The molecule has 12 amide bonds. The quantitative estimate of drug-likeness (QED) is 0.0341. The van der Waals surface area contributed by atoms with Gasteiger partial charge >= 0.3 is 17.9 Å². The Morgan fingerprint density at radius 1 is 0.581 bits per heavy atom. The molecular formula is C85H133N19O19S. The van der Waals surface area contributed by atoms with Gasteiger partial charge in [-0.2, -0.15) is 11.8 Å². The van der Waals surface area contributed by atoms with Crippen molar-refractivity contribution in [1.82, 2.24) is 87.7 Å². The average Bonchev–Trinajstić information content (AvgIpc) is 1.25. The number of amides is 12. The number of thioether (sulfide) groups is 1. The molecule has 1 saturated heterocycles. The first-order valence-corrected chi connectivity index (χ1v) is 44.9. The van der Waals surface area contributed by atoms with Crippen molar-refractivity contribution in [3.8, 4) is 0 Å². The van der Waals surface area contributed by atoms with Gasteiger partial charge in [0, 0.05) is 107 Å². The third kappa shape index (κ3) is 28.9. The van der Waals surface area contributed by atoms with Crippen LogP contribution < -0.4 is 64.6 Å². The lowest BCUT2D eigenvalue weighted by molar-refractivity contribution is -0.170. The minimum atomic E-state index is -1.34. The van der Waals surface area contributed by atoms with Crippen LogP contribution in [0.3, 0.4) is 0 Å². The number of aliphatic hydroxyl groups is 1. The van der Waals surface area contributed by atoms with E-state index in [4.69, 9.17) is 11.5 Å². The Balaban J connectivity index is 0.779. The van der Waals surface area contributed by atoms with Crippen molar-refractivity contribution >= 4 is 111 Å². The number of benzene rings is 1. The Morgan fingerprint density at radius 3 is 1.74 bits per heavy atom. The largest absolute Gasteiger partial charge is 0.480 e. The molecule has 8 rings (SSSR count). The molecule has 0 bridgehead atoms. The number of carbonyl (C=O) groups excluding carboxylic acids is 12. The van der Waals surface area contributed by atoms with Crippen molar-refractivity contribution in [2.24, 2.45) is 69.6 Å². The van der Waals surface area contributed by atoms with E-state index in [0.717, 1.165) is 55.8 Å². The number of carbonyl (C=O) groups is 15. The van der Waals surface area contributed by atoms with Gasteiger partial charge in [0.15, 0.2) is 0 Å². The molecule has 4 saturated carbocycles. The summed E-state index contributed by atoms with van der Waals surface area (Å²) in [7, 11) is 0. The third-order valence-corrected chi connectivity index (χ3v) is 26.9. The van der Waals surface area contributed by atoms with E-state index in [1.54, 1.807) is 45.7 Å². The molecule has 0 spiro atoms. The van der Waals surface area contributed by atoms with Crippen molar-refractivity contribution in [2.75, 3.05) is 104 Å². The van der Waals surface area contributed by atoms with Crippen LogP contribution in [0.4, 0.5) is 0 Å². The number of para-hydroxylation sites is 1. The first-order valence-electron chi connectivity index (χ1n) is 43.5. The maximum Gasteiger partial charge on any atom is 0.317 e. The molecule has 38 nitrogen and oxygen atoms in total. The molecule has 688 valence electrons. The zero-order valence-corrected chi connectivity index (χ0v) is 73.8. The van der Waals surface area contributed by atoms with E-state index in [9.17, 15) is 92.3 Å². The number of carboxylic acid groups (broad SMARTS) is 3. The standard InChI is InChI=1S/C85H133N19O19S/c1-48(2)34-64(81(121)96-63(77(87)117)23-33-124-9)98-82(122)66(37-55-40-88-47-92-55)95-71(109)42-91-83(123)76(49(3)4)100-78(118)51(6)93-80(120)65(35-52-39-89-62-13-11-10-12-56(52)62)97-79(119)61(86)19-21-69(107)99-68(106)20-14-50(5)58-17-18-59-57-16-15-53-36-54(22-24-84(53,7)60(57)38-67(105)85(58,59)8)94-70(108)41-90-72(110)43-101-25-27-102(44-73(111)112)29-31-104(46-75(115)116)32-30-103(28-26-101)45-74(113)114/h10-13,39-40,47-51,53-54,57-61,63-67,76,89,105H,14-38,41-46,86H2,1-9H3,(H2,87,117)(H,88,92)(H,90,110)(H,91,123)(H,93,120)(H,94,108)(H,95,109)(H,96,121)(H,97,119)(H,98,122)(H,100,118)(H,111,112)(H,113,114)(H,115,116)(H,99,106,107)/t50-,51+,53-,54+,57+,58-,59+,60+,61+,63+,64+,65+,66+,67+,76+,84+,85-/m1/s1. The monoisotopic (exact) mass is 1760 g/mol. The lowest BCUT2D eigenvalue weighted by Crippen LogP contribution is -2.59. The van der Waals surface area contributed by atoms with Gasteiger partial charge in [-0.15, -0.1) is 0 Å². The number of aliphatic hydroxyl groups excluding tert-OH is 1. The highest BCUT2D eigenvalue weighted by molar-refractivity contribution is 7.98. The van der Waals surface area contributed by atoms with Gasteiger partial charge < -0.3 is 89.7 Å². The molecule has 1 aromatic carbocycles. The fourth-order valence-electron chi connectivity index (χ4n) is 19.4. The SMILES string of the molecule is CSCC[C@H](NC(=O)[C@H](CC(C)C)NC(=O)[C@H](Cc1c[nH]cn1)NC(=O)CNC(=O)[C@@H](NC(=O)[C@H](C)NC(=O)[C@H](Cc1c[nH]c2ccccc12)NC(=O)[C@@H](N)CCC(=O)NC(=O)CC[C@@H](C)[C@H]1CC[C@H]2[C@@H]3CC[C@@H]4C[C@@H](NC(=O)CNC(=O)CN5CCN(CC(=O)O)CCN(CC(=O)O)CCN(CC(=O)O)CC5)CC[C@]4(C)[C@H]3C[C@H](O)[C@]12C)C(C)C)C(N)=O. The predicted molar refractivity (Wildman–Crippen MR) is 460 cm³/mol. The Kier molecular flexibility index (Phi) is 37.9. The third-order valence-electron chi connectivity index (χ3n) is 26.2. The first-order chi connectivity index (χ1) is 58.7. The Morgan fingerprint density at radius 2 is 1.15 bits per heavy atom. The number of nitrogens with zero attached hydrogens (tertiary/aromatic N) is 5. The van der Waals surface area contributed by atoms with Crippen LogP contribution in [-0.4, -0.2) is 302 Å². The molecule has 3 heterocycles. The molecule has 20 N–H and O–H groups in total. The molecular weight excluding hydrogens is 1620 g/mol. The van der Waals surface area contributed by atoms with Gasteiger partial charge in [-0.1, -0.05) is 66.7 Å². The molecule has 5 aliphatic rings. The van der Waals surface area contributed by atoms with Gasteiger partial charge in [0.2, 0.25) is 70.9 Å². The number of imidazole rings is 1. The van der Waals surface area contributed by atoms with E-state index >= 15 is 0 Å². The highest BCUT2D eigenvalue weighted by Crippen LogP contribution is 2.68. The second kappa shape index (κ2) is 47.1. The van der Waals surface area contributed by atoms with Gasteiger partial charge in [0.05, 0.1) is 63.4 Å². The predicted octanol–water partition coefficient (Wildman–Crippen LogP) is -0.466. The van der Waals surface area contributed by atoms with Gasteiger partial charge in [0.1, 0.15) is 36.3 Å². The number of H-pyrrole nitrogens is 2. The van der Waals surface area contributed by atoms with Gasteiger partial charge in [0.25, 0.3) is 0 Å². The number of primary amides is 1. The number of rotatable bonds is 43. The van der Waals surface area contributed by atoms with E-state index in [1.165, 1.54) is 31.2 Å². The minimum absolute atomic E-state index is 0.0135. The molecule has 1 aliphatic heterocycles. The maximum atomic E-state index is 14.3. The summed E-state index contributed by atoms with van der Waals surface area (Å²) >= 11 is 1.46. The molecule has 5 fully saturated rings. The number of hydrogen-bond donors (Lipinski definition) is 18. The smallest absolute Gasteiger partial charge is 0.317 e. The number of nitrogens with one attached hydrogen (secondary N) is 12. The molecule has 2 aromatic heterocycles. The van der Waals surface area contributed by atoms with Crippen LogP contribution in [0.1, 0.15) is 157 Å². The van der Waals surface area contributed by atoms with Crippen LogP contribution in [-0.2, 0) is 84.8 Å². The summed E-state index contributed by atoms with van der Waals surface area (Å²) in [5.41, 5.74) is 13.3. The number of hydrogen-bond acceptors (Lipinski definition) is 23. The molecule has 0 unspecified atom stereocenters. The van der Waals surface area contributed by atoms with Crippen molar-refractivity contribution in [3.05, 3.63) is 54.2 Å². The maximum absolute atomic E-state index is 14.3. The summed E-state index contributed by atoms with van der Waals surface area (Å²) < 4.78 is 0. The molecule has 3 aromatic rings. The summed E-state index contributed by atoms with van der Waals surface area (Å²) in [6, 6.07) is -1.51. The van der Waals surface area contributed by atoms with E-state index in [0.29, 0.717) is 35.8 Å². The van der Waals surface area contributed by atoms with E-state index in [1.807, 2.05) is 38.3 Å². The second-order valence-electron chi connectivity index (χ2n) is 35.8. The highest BCUT2D eigenvalue weighted by Gasteiger charge is 2.64. The van der Waals surface area contributed by atoms with Crippen LogP contribution in [0.2, 0.25) is 0 Å². The molecule has 0 radical (unpaired) electrons. The molecule has 4 aliphatic carbocycles. The summed E-state index contributed by atoms with van der Waals surface area (Å²) in [5.74, 6) is -10.1. The Labute approximate surface area is 728 Å². The topological polar surface area (TPSA) is 567 Å². The fraction of sp³-hybridized carbons (Fsp3) is 0.694. The van der Waals surface area contributed by atoms with Gasteiger partial charge in [-0.05, 0) is 166 Å². The number of aliphatic carboxylic acids is 3. The van der Waals surface area contributed by atoms with Gasteiger partial charge in [-0.3, -0.25) is 96.8 Å². The van der Waals surface area contributed by atoms with Crippen molar-refractivity contribution in [1.29, 1.82) is 0 Å². The van der Waals surface area contributed by atoms with Crippen molar-refractivity contribution in [2.45, 2.75) is 213 Å². The van der Waals surface area contributed by atoms with Crippen molar-refractivity contribution in [3.63, 3.8) is 0 Å². The highest BCUT2D eigenvalue weighted by atomic mass is 32.2. The number of carboxylic acids is 3. The number of aromatic nitrogens is 3. The van der Waals surface area contributed by atoms with Crippen LogP contribution in [0.5, 0.6) is 0 Å². The van der Waals surface area contributed by atoms with Crippen LogP contribution in [0.15, 0.2) is 43.0 Å². The number of nitrogens with two attached hydrogens (primary N) is 2. The van der Waals surface area contributed by atoms with Crippen molar-refractivity contribution < 1.29 is 92.3 Å². The van der Waals surface area contributed by atoms with E-state index in [2.05, 4.69) is 88.9 Å². The first kappa shape index (κ1) is 99.8. The van der Waals surface area contributed by atoms with Crippen LogP contribution in [0.25, 0.3) is 10.9 Å². The summed E-state index contributed by atoms with van der Waals surface area (Å²) in [5, 5.41) is 68.8. The average molecular weight is 1760 g/mol. The summed E-state index contributed by atoms with van der Waals surface area (Å²) in [6.45, 7) is 15.0. The second-order valence-corrected chi connectivity index (χ2v) is 36.8.